The molecular formula is C56H105NO13. The van der Waals surface area contributed by atoms with E-state index in [9.17, 15) is 45.6 Å². The fraction of sp³-hybridized carbons (Fsp3) is 0.911. The summed E-state index contributed by atoms with van der Waals surface area (Å²) < 4.78 is 22.8. The number of nitrogens with one attached hydrogen (secondary N) is 1. The highest BCUT2D eigenvalue weighted by Gasteiger charge is 2.51. The van der Waals surface area contributed by atoms with E-state index in [-0.39, 0.29) is 18.9 Å². The monoisotopic (exact) mass is 1000 g/mol. The van der Waals surface area contributed by atoms with Gasteiger partial charge >= 0.3 is 0 Å². The zero-order chi connectivity index (χ0) is 51.0. The van der Waals surface area contributed by atoms with Crippen LogP contribution in [0, 0.1) is 0 Å². The number of hydrogen-bond acceptors (Lipinski definition) is 13. The summed E-state index contributed by atoms with van der Waals surface area (Å²) in [6, 6.07) is -0.834. The van der Waals surface area contributed by atoms with Crippen LogP contribution >= 0.6 is 0 Å². The van der Waals surface area contributed by atoms with E-state index in [1.54, 1.807) is 0 Å². The van der Waals surface area contributed by atoms with Crippen LogP contribution in [0.5, 0.6) is 0 Å². The maximum atomic E-state index is 13.2. The van der Waals surface area contributed by atoms with E-state index in [1.165, 1.54) is 128 Å². The Kier molecular flexibility index (Phi) is 39.5. The average molecular weight is 1000 g/mol. The number of allylic oxidation sites excluding steroid dienone is 4. The van der Waals surface area contributed by atoms with Crippen LogP contribution in [0.4, 0.5) is 0 Å². The summed E-state index contributed by atoms with van der Waals surface area (Å²) >= 11 is 0. The predicted molar refractivity (Wildman–Crippen MR) is 277 cm³/mol. The van der Waals surface area contributed by atoms with E-state index < -0.39 is 86.8 Å². The minimum atomic E-state index is -1.78. The second-order valence-corrected chi connectivity index (χ2v) is 20.4. The summed E-state index contributed by atoms with van der Waals surface area (Å²) in [5.74, 6) is -0.219. The first-order chi connectivity index (χ1) is 34.1. The molecule has 70 heavy (non-hydrogen) atoms. The van der Waals surface area contributed by atoms with Gasteiger partial charge in [-0.05, 0) is 38.5 Å². The maximum Gasteiger partial charge on any atom is 0.220 e. The average Bonchev–Trinajstić information content (AvgIpc) is 3.36. The summed E-state index contributed by atoms with van der Waals surface area (Å²) in [7, 11) is 0. The Balaban J connectivity index is 1.76. The number of aliphatic hydroxyl groups is 8. The molecule has 2 rings (SSSR count). The van der Waals surface area contributed by atoms with Crippen LogP contribution in [0.15, 0.2) is 24.3 Å². The van der Waals surface area contributed by atoms with Crippen LogP contribution in [0.1, 0.15) is 232 Å². The Hall–Kier alpha value is -1.53. The van der Waals surface area contributed by atoms with Crippen molar-refractivity contribution in [2.75, 3.05) is 19.8 Å². The number of carbonyl (C=O) groups excluding carboxylic acids is 1. The van der Waals surface area contributed by atoms with Gasteiger partial charge < -0.3 is 65.1 Å². The number of unbranched alkanes of at least 4 members (excludes halogenated alkanes) is 28. The molecule has 9 N–H and O–H groups in total. The molecule has 0 saturated carbocycles. The SMILES string of the molecule is CCCC/C=C\C/C=C\CCCCCCCC(=O)NC(COC1OC(CO)C(OC2OC(CO)C(O)C(O)C2O)C(O)C1O)C(O)CCCCCCCCCCCCCCCCCCCCCCCC. The van der Waals surface area contributed by atoms with Gasteiger partial charge in [-0.15, -0.1) is 0 Å². The molecule has 0 aromatic carbocycles. The second kappa shape index (κ2) is 42.8. The van der Waals surface area contributed by atoms with Crippen LogP contribution < -0.4 is 5.32 Å². The van der Waals surface area contributed by atoms with Crippen LogP contribution in [-0.2, 0) is 23.7 Å². The molecule has 14 nitrogen and oxygen atoms in total. The summed E-state index contributed by atoms with van der Waals surface area (Å²) in [5.41, 5.74) is 0. The third-order valence-corrected chi connectivity index (χ3v) is 14.2. The first-order valence-electron chi connectivity index (χ1n) is 28.6. The summed E-state index contributed by atoms with van der Waals surface area (Å²) in [6.45, 7) is 2.82. The minimum absolute atomic E-state index is 0.219. The highest BCUT2D eigenvalue weighted by molar-refractivity contribution is 5.76. The quantitative estimate of drug-likeness (QED) is 0.0205. The van der Waals surface area contributed by atoms with Crippen molar-refractivity contribution < 1.29 is 64.6 Å². The normalized spacial score (nSPS) is 26.1. The van der Waals surface area contributed by atoms with Gasteiger partial charge in [0.15, 0.2) is 12.6 Å². The lowest BCUT2D eigenvalue weighted by Crippen LogP contribution is -2.65. The molecule has 2 aliphatic rings. The number of ether oxygens (including phenoxy) is 4. The predicted octanol–water partition coefficient (Wildman–Crippen LogP) is 8.89. The van der Waals surface area contributed by atoms with Gasteiger partial charge in [-0.3, -0.25) is 4.79 Å². The van der Waals surface area contributed by atoms with Gasteiger partial charge in [0.2, 0.25) is 5.91 Å². The molecule has 12 unspecified atom stereocenters. The standard InChI is InChI=1S/C56H105NO13/c1-3-5-7-9-11-13-15-17-19-20-21-22-23-24-25-26-27-29-31-33-35-37-39-45(60)44(57-48(61)40-38-36-34-32-30-28-18-16-14-12-10-8-6-4-2)43-67-55-53(66)51(64)54(47(42-59)69-55)70-56-52(65)50(63)49(62)46(41-58)68-56/h10,12,16,18,44-47,49-56,58-60,62-66H,3-9,11,13-15,17,19-43H2,1-2H3,(H,57,61)/b12-10-,18-16-. The molecule has 0 spiro atoms. The molecule has 0 aromatic heterocycles. The Bertz CT molecular complexity index is 1270. The van der Waals surface area contributed by atoms with Crippen LogP contribution in [0.3, 0.4) is 0 Å². The Morgan fingerprint density at radius 1 is 0.514 bits per heavy atom. The highest BCUT2D eigenvalue weighted by Crippen LogP contribution is 2.30. The molecule has 0 aromatic rings. The molecule has 1 amide bonds. The van der Waals surface area contributed by atoms with E-state index in [2.05, 4.69) is 43.5 Å². The molecule has 2 aliphatic heterocycles. The molecule has 0 radical (unpaired) electrons. The first-order valence-corrected chi connectivity index (χ1v) is 28.6. The van der Waals surface area contributed by atoms with Crippen molar-refractivity contribution in [2.24, 2.45) is 0 Å². The summed E-state index contributed by atoms with van der Waals surface area (Å²) in [5, 5.41) is 87.1. The number of amides is 1. The molecule has 14 heteroatoms. The number of carbonyl (C=O) groups is 1. The largest absolute Gasteiger partial charge is 0.394 e. The van der Waals surface area contributed by atoms with E-state index in [4.69, 9.17) is 18.9 Å². The van der Waals surface area contributed by atoms with Crippen molar-refractivity contribution in [1.82, 2.24) is 5.32 Å². The van der Waals surface area contributed by atoms with Crippen molar-refractivity contribution in [3.05, 3.63) is 24.3 Å². The van der Waals surface area contributed by atoms with Gasteiger partial charge in [-0.1, -0.05) is 212 Å². The third kappa shape index (κ3) is 28.8. The van der Waals surface area contributed by atoms with Crippen molar-refractivity contribution >= 4 is 5.91 Å². The van der Waals surface area contributed by atoms with Crippen molar-refractivity contribution in [2.45, 2.75) is 306 Å². The third-order valence-electron chi connectivity index (χ3n) is 14.2. The van der Waals surface area contributed by atoms with Gasteiger partial charge in [0.25, 0.3) is 0 Å². The zero-order valence-electron chi connectivity index (χ0n) is 44.0. The molecule has 12 atom stereocenters. The van der Waals surface area contributed by atoms with E-state index in [1.807, 2.05) is 0 Å². The Morgan fingerprint density at radius 3 is 1.47 bits per heavy atom. The Morgan fingerprint density at radius 2 is 0.957 bits per heavy atom. The number of aliphatic hydroxyl groups excluding tert-OH is 8. The fourth-order valence-corrected chi connectivity index (χ4v) is 9.49. The van der Waals surface area contributed by atoms with E-state index in [0.717, 1.165) is 70.6 Å². The fourth-order valence-electron chi connectivity index (χ4n) is 9.49. The van der Waals surface area contributed by atoms with E-state index >= 15 is 0 Å². The smallest absolute Gasteiger partial charge is 0.220 e. The van der Waals surface area contributed by atoms with Gasteiger partial charge in [0, 0.05) is 6.42 Å². The molecule has 2 heterocycles. The molecular weight excluding hydrogens is 895 g/mol. The topological polar surface area (TPSA) is 228 Å². The number of hydrogen-bond donors (Lipinski definition) is 9. The second-order valence-electron chi connectivity index (χ2n) is 20.4. The van der Waals surface area contributed by atoms with Crippen molar-refractivity contribution in [3.8, 4) is 0 Å². The Labute approximate surface area is 424 Å². The molecule has 2 saturated heterocycles. The summed E-state index contributed by atoms with van der Waals surface area (Å²) in [6.07, 6.45) is 31.8. The molecule has 2 fully saturated rings. The zero-order valence-corrected chi connectivity index (χ0v) is 44.0. The number of rotatable bonds is 45. The van der Waals surface area contributed by atoms with Crippen LogP contribution in [0.25, 0.3) is 0 Å². The van der Waals surface area contributed by atoms with Gasteiger partial charge in [-0.25, -0.2) is 0 Å². The molecule has 0 bridgehead atoms. The van der Waals surface area contributed by atoms with Crippen LogP contribution in [0.2, 0.25) is 0 Å². The lowest BCUT2D eigenvalue weighted by Gasteiger charge is -2.46. The molecule has 412 valence electrons. The van der Waals surface area contributed by atoms with E-state index in [0.29, 0.717) is 12.8 Å². The van der Waals surface area contributed by atoms with Crippen molar-refractivity contribution in [1.29, 1.82) is 0 Å². The minimum Gasteiger partial charge on any atom is -0.394 e. The molecule has 0 aliphatic carbocycles. The summed E-state index contributed by atoms with van der Waals surface area (Å²) in [4.78, 5) is 13.2. The van der Waals surface area contributed by atoms with Crippen LogP contribution in [-0.4, -0.2) is 140 Å². The van der Waals surface area contributed by atoms with Gasteiger partial charge in [0.05, 0.1) is 32.0 Å². The first kappa shape index (κ1) is 64.6. The van der Waals surface area contributed by atoms with Gasteiger partial charge in [0.1, 0.15) is 48.8 Å². The lowest BCUT2D eigenvalue weighted by atomic mass is 9.97. The lowest BCUT2D eigenvalue weighted by molar-refractivity contribution is -0.359. The maximum absolute atomic E-state index is 13.2. The highest BCUT2D eigenvalue weighted by atomic mass is 16.7. The van der Waals surface area contributed by atoms with Crippen molar-refractivity contribution in [3.63, 3.8) is 0 Å². The van der Waals surface area contributed by atoms with Gasteiger partial charge in [-0.2, -0.15) is 0 Å².